The Morgan fingerprint density at radius 3 is 2.90 bits per heavy atom. The maximum atomic E-state index is 12.2. The molecule has 0 atom stereocenters. The third-order valence-electron chi connectivity index (χ3n) is 2.80. The van der Waals surface area contributed by atoms with Crippen molar-refractivity contribution in [3.05, 3.63) is 33.1 Å². The first-order chi connectivity index (χ1) is 10.0. The van der Waals surface area contributed by atoms with Crippen LogP contribution in [0.4, 0.5) is 0 Å². The fraction of sp³-hybridized carbons (Fsp3) is 0.417. The molecule has 3 N–H and O–H groups in total. The van der Waals surface area contributed by atoms with Crippen molar-refractivity contribution in [3.63, 3.8) is 0 Å². The van der Waals surface area contributed by atoms with Crippen molar-refractivity contribution in [2.24, 2.45) is 0 Å². The molecule has 116 valence electrons. The topological polar surface area (TPSA) is 86.9 Å². The summed E-state index contributed by atoms with van der Waals surface area (Å²) in [5.74, 6) is 0. The number of halogens is 1. The minimum atomic E-state index is -3.58. The van der Waals surface area contributed by atoms with Crippen LogP contribution >= 0.6 is 22.9 Å². The quantitative estimate of drug-likeness (QED) is 0.678. The zero-order valence-corrected chi connectivity index (χ0v) is 13.9. The van der Waals surface area contributed by atoms with Gasteiger partial charge in [-0.3, -0.25) is 5.10 Å². The smallest absolute Gasteiger partial charge is 0.257 e. The highest BCUT2D eigenvalue weighted by Gasteiger charge is 2.20. The number of hydrogen-bond acceptors (Lipinski definition) is 5. The average molecular weight is 349 g/mol. The van der Waals surface area contributed by atoms with Crippen LogP contribution in [0.15, 0.2) is 23.4 Å². The number of thiophene rings is 1. The molecule has 0 bridgehead atoms. The van der Waals surface area contributed by atoms with Crippen LogP contribution in [-0.2, 0) is 23.0 Å². The molecule has 0 aliphatic rings. The maximum absolute atomic E-state index is 12.2. The summed E-state index contributed by atoms with van der Waals surface area (Å²) in [6, 6.07) is 3.70. The second kappa shape index (κ2) is 7.37. The van der Waals surface area contributed by atoms with Crippen molar-refractivity contribution in [1.82, 2.24) is 20.2 Å². The SMILES string of the molecule is CCNCc1cn[nH]c1S(=O)(=O)NCCc1ccc(Cl)s1. The van der Waals surface area contributed by atoms with Crippen molar-refractivity contribution >= 4 is 33.0 Å². The molecule has 0 fully saturated rings. The van der Waals surface area contributed by atoms with Crippen LogP contribution in [-0.4, -0.2) is 31.7 Å². The summed E-state index contributed by atoms with van der Waals surface area (Å²) in [6.45, 7) is 3.50. The van der Waals surface area contributed by atoms with Crippen LogP contribution < -0.4 is 10.0 Å². The number of nitrogens with one attached hydrogen (secondary N) is 3. The van der Waals surface area contributed by atoms with Crippen molar-refractivity contribution in [2.75, 3.05) is 13.1 Å². The van der Waals surface area contributed by atoms with Crippen molar-refractivity contribution < 1.29 is 8.42 Å². The fourth-order valence-corrected chi connectivity index (χ4v) is 4.03. The van der Waals surface area contributed by atoms with Crippen molar-refractivity contribution in [1.29, 1.82) is 0 Å². The minimum Gasteiger partial charge on any atom is -0.313 e. The molecule has 2 rings (SSSR count). The van der Waals surface area contributed by atoms with Gasteiger partial charge in [0.1, 0.15) is 0 Å². The third-order valence-corrected chi connectivity index (χ3v) is 5.57. The predicted octanol–water partition coefficient (Wildman–Crippen LogP) is 1.76. The lowest BCUT2D eigenvalue weighted by Gasteiger charge is -2.07. The summed E-state index contributed by atoms with van der Waals surface area (Å²) in [5, 5.41) is 9.56. The molecule has 0 amide bonds. The highest BCUT2D eigenvalue weighted by Crippen LogP contribution is 2.21. The van der Waals surface area contributed by atoms with Gasteiger partial charge >= 0.3 is 0 Å². The van der Waals surface area contributed by atoms with Crippen LogP contribution in [0.5, 0.6) is 0 Å². The molecule has 0 saturated heterocycles. The van der Waals surface area contributed by atoms with Crippen LogP contribution in [0, 0.1) is 0 Å². The Balaban J connectivity index is 1.96. The van der Waals surface area contributed by atoms with Gasteiger partial charge in [0.25, 0.3) is 10.0 Å². The van der Waals surface area contributed by atoms with E-state index >= 15 is 0 Å². The number of sulfonamides is 1. The lowest BCUT2D eigenvalue weighted by molar-refractivity contribution is 0.574. The van der Waals surface area contributed by atoms with Gasteiger partial charge < -0.3 is 5.32 Å². The number of rotatable bonds is 8. The second-order valence-electron chi connectivity index (χ2n) is 4.36. The molecule has 21 heavy (non-hydrogen) atoms. The first kappa shape index (κ1) is 16.4. The Morgan fingerprint density at radius 2 is 2.24 bits per heavy atom. The highest BCUT2D eigenvalue weighted by molar-refractivity contribution is 7.89. The third kappa shape index (κ3) is 4.52. The molecule has 0 aromatic carbocycles. The molecular formula is C12H17ClN4O2S2. The summed E-state index contributed by atoms with van der Waals surface area (Å²) in [6.07, 6.45) is 2.13. The molecule has 6 nitrogen and oxygen atoms in total. The molecule has 0 aliphatic heterocycles. The van der Waals surface area contributed by atoms with Gasteiger partial charge in [0.15, 0.2) is 5.03 Å². The van der Waals surface area contributed by atoms with E-state index in [0.717, 1.165) is 11.4 Å². The van der Waals surface area contributed by atoms with Gasteiger partial charge in [-0.05, 0) is 25.1 Å². The summed E-state index contributed by atoms with van der Waals surface area (Å²) >= 11 is 7.29. The summed E-state index contributed by atoms with van der Waals surface area (Å²) in [4.78, 5) is 1.04. The highest BCUT2D eigenvalue weighted by atomic mass is 35.5. The lowest BCUT2D eigenvalue weighted by Crippen LogP contribution is -2.27. The van der Waals surface area contributed by atoms with E-state index < -0.39 is 10.0 Å². The van der Waals surface area contributed by atoms with Gasteiger partial charge in [-0.25, -0.2) is 13.1 Å². The van der Waals surface area contributed by atoms with E-state index in [1.807, 2.05) is 13.0 Å². The molecule has 2 aromatic rings. The number of aromatic amines is 1. The van der Waals surface area contributed by atoms with Crippen LogP contribution in [0.1, 0.15) is 17.4 Å². The van der Waals surface area contributed by atoms with E-state index in [2.05, 4.69) is 20.2 Å². The molecule has 2 aromatic heterocycles. The predicted molar refractivity (Wildman–Crippen MR) is 84.2 cm³/mol. The number of nitrogens with zero attached hydrogens (tertiary/aromatic N) is 1. The number of aromatic nitrogens is 2. The molecule has 9 heteroatoms. The Hall–Kier alpha value is -0.930. The van der Waals surface area contributed by atoms with Crippen molar-refractivity contribution in [3.8, 4) is 0 Å². The maximum Gasteiger partial charge on any atom is 0.257 e. The zero-order valence-electron chi connectivity index (χ0n) is 11.5. The van der Waals surface area contributed by atoms with Gasteiger partial charge in [-0.15, -0.1) is 11.3 Å². The molecule has 2 heterocycles. The summed E-state index contributed by atoms with van der Waals surface area (Å²) < 4.78 is 27.8. The molecule has 0 aliphatic carbocycles. The first-order valence-electron chi connectivity index (χ1n) is 6.49. The van der Waals surface area contributed by atoms with E-state index in [4.69, 9.17) is 11.6 Å². The zero-order chi connectivity index (χ0) is 15.3. The minimum absolute atomic E-state index is 0.118. The molecular weight excluding hydrogens is 332 g/mol. The van der Waals surface area contributed by atoms with Crippen LogP contribution in [0.25, 0.3) is 0 Å². The molecule has 0 radical (unpaired) electrons. The fourth-order valence-electron chi connectivity index (χ4n) is 1.78. The van der Waals surface area contributed by atoms with Crippen LogP contribution in [0.2, 0.25) is 4.34 Å². The average Bonchev–Trinajstić information content (AvgIpc) is 3.05. The van der Waals surface area contributed by atoms with Gasteiger partial charge in [0.05, 0.1) is 10.5 Å². The van der Waals surface area contributed by atoms with E-state index in [1.54, 1.807) is 6.07 Å². The van der Waals surface area contributed by atoms with Gasteiger partial charge in [-0.2, -0.15) is 5.10 Å². The monoisotopic (exact) mass is 348 g/mol. The second-order valence-corrected chi connectivity index (χ2v) is 7.86. The van der Waals surface area contributed by atoms with Gasteiger partial charge in [-0.1, -0.05) is 18.5 Å². The van der Waals surface area contributed by atoms with E-state index in [-0.39, 0.29) is 5.03 Å². The summed E-state index contributed by atoms with van der Waals surface area (Å²) in [7, 11) is -3.58. The normalized spacial score (nSPS) is 11.9. The first-order valence-corrected chi connectivity index (χ1v) is 9.17. The Bertz CT molecular complexity index is 681. The van der Waals surface area contributed by atoms with Gasteiger partial charge in [0, 0.05) is 23.5 Å². The van der Waals surface area contributed by atoms with Crippen molar-refractivity contribution in [2.45, 2.75) is 24.9 Å². The number of H-pyrrole nitrogens is 1. The standard InChI is InChI=1S/C12H17ClN4O2S2/c1-2-14-7-9-8-15-17-12(9)21(18,19)16-6-5-10-3-4-11(13)20-10/h3-4,8,14,16H,2,5-7H2,1H3,(H,15,17). The summed E-state index contributed by atoms with van der Waals surface area (Å²) in [5.41, 5.74) is 0.628. The van der Waals surface area contributed by atoms with Crippen LogP contribution in [0.3, 0.4) is 0 Å². The number of hydrogen-bond donors (Lipinski definition) is 3. The molecule has 0 saturated carbocycles. The Morgan fingerprint density at radius 1 is 1.43 bits per heavy atom. The van der Waals surface area contributed by atoms with E-state index in [1.165, 1.54) is 17.5 Å². The van der Waals surface area contributed by atoms with E-state index in [9.17, 15) is 8.42 Å². The largest absolute Gasteiger partial charge is 0.313 e. The van der Waals surface area contributed by atoms with Gasteiger partial charge in [0.2, 0.25) is 0 Å². The molecule has 0 unspecified atom stereocenters. The Labute approximate surface area is 133 Å². The lowest BCUT2D eigenvalue weighted by atomic mass is 10.3. The van der Waals surface area contributed by atoms with E-state index in [0.29, 0.717) is 29.4 Å². The Kier molecular flexibility index (Phi) is 5.77. The molecule has 0 spiro atoms.